The molecular weight excluding hydrogens is 227 g/mol. The average molecular weight is 244 g/mol. The molecule has 2 N–H and O–H groups in total. The number of para-hydroxylation sites is 1. The Morgan fingerprint density at radius 2 is 1.89 bits per heavy atom. The minimum Gasteiger partial charge on any atom is -0.344 e. The fourth-order valence-electron chi connectivity index (χ4n) is 2.02. The van der Waals surface area contributed by atoms with Crippen molar-refractivity contribution in [2.75, 3.05) is 11.9 Å². The van der Waals surface area contributed by atoms with Crippen LogP contribution in [0.2, 0.25) is 0 Å². The van der Waals surface area contributed by atoms with E-state index in [0.717, 1.165) is 22.5 Å². The third kappa shape index (κ3) is 2.51. The summed E-state index contributed by atoms with van der Waals surface area (Å²) in [5, 5.41) is 0. The SMILES string of the molecule is Cc1ccccc1N(C)c1cc(F)cc(CN)c1. The Kier molecular flexibility index (Phi) is 3.63. The van der Waals surface area contributed by atoms with Gasteiger partial charge in [0.15, 0.2) is 0 Å². The Morgan fingerprint density at radius 3 is 2.56 bits per heavy atom. The molecule has 0 aliphatic heterocycles. The zero-order valence-electron chi connectivity index (χ0n) is 10.7. The van der Waals surface area contributed by atoms with Crippen molar-refractivity contribution in [3.8, 4) is 0 Å². The highest BCUT2D eigenvalue weighted by molar-refractivity contribution is 5.66. The molecule has 2 nitrogen and oxygen atoms in total. The molecule has 3 heteroatoms. The van der Waals surface area contributed by atoms with E-state index in [9.17, 15) is 4.39 Å². The Labute approximate surface area is 107 Å². The zero-order valence-corrected chi connectivity index (χ0v) is 10.7. The molecule has 2 rings (SSSR count). The van der Waals surface area contributed by atoms with E-state index in [0.29, 0.717) is 6.54 Å². The molecule has 0 aliphatic carbocycles. The first-order chi connectivity index (χ1) is 8.61. The maximum Gasteiger partial charge on any atom is 0.125 e. The Balaban J connectivity index is 2.43. The van der Waals surface area contributed by atoms with Crippen LogP contribution in [0.15, 0.2) is 42.5 Å². The normalized spacial score (nSPS) is 10.4. The van der Waals surface area contributed by atoms with Gasteiger partial charge < -0.3 is 10.6 Å². The predicted octanol–water partition coefficient (Wildman–Crippen LogP) is 3.36. The van der Waals surface area contributed by atoms with E-state index < -0.39 is 0 Å². The topological polar surface area (TPSA) is 29.3 Å². The Hall–Kier alpha value is -1.87. The van der Waals surface area contributed by atoms with Crippen LogP contribution in [0.4, 0.5) is 15.8 Å². The standard InChI is InChI=1S/C15H17FN2/c1-11-5-3-4-6-15(11)18(2)14-8-12(10-17)7-13(16)9-14/h3-9H,10,17H2,1-2H3. The Morgan fingerprint density at radius 1 is 1.17 bits per heavy atom. The lowest BCUT2D eigenvalue weighted by Crippen LogP contribution is -2.12. The number of hydrogen-bond donors (Lipinski definition) is 1. The van der Waals surface area contributed by atoms with Crippen LogP contribution in [0.3, 0.4) is 0 Å². The van der Waals surface area contributed by atoms with Gasteiger partial charge in [0.2, 0.25) is 0 Å². The zero-order chi connectivity index (χ0) is 13.1. The van der Waals surface area contributed by atoms with Gasteiger partial charge in [0.25, 0.3) is 0 Å². The number of hydrogen-bond acceptors (Lipinski definition) is 2. The first-order valence-electron chi connectivity index (χ1n) is 5.90. The number of benzene rings is 2. The highest BCUT2D eigenvalue weighted by atomic mass is 19.1. The second kappa shape index (κ2) is 5.19. The van der Waals surface area contributed by atoms with Gasteiger partial charge in [-0.1, -0.05) is 18.2 Å². The lowest BCUT2D eigenvalue weighted by atomic mass is 10.1. The van der Waals surface area contributed by atoms with Crippen LogP contribution in [-0.4, -0.2) is 7.05 Å². The van der Waals surface area contributed by atoms with Crippen molar-refractivity contribution in [1.82, 2.24) is 0 Å². The van der Waals surface area contributed by atoms with E-state index >= 15 is 0 Å². The highest BCUT2D eigenvalue weighted by Crippen LogP contribution is 2.27. The van der Waals surface area contributed by atoms with Crippen molar-refractivity contribution in [3.05, 3.63) is 59.4 Å². The molecule has 18 heavy (non-hydrogen) atoms. The van der Waals surface area contributed by atoms with E-state index in [2.05, 4.69) is 0 Å². The number of anilines is 2. The van der Waals surface area contributed by atoms with E-state index in [1.54, 1.807) is 0 Å². The first-order valence-corrected chi connectivity index (χ1v) is 5.90. The number of nitrogens with zero attached hydrogens (tertiary/aromatic N) is 1. The summed E-state index contributed by atoms with van der Waals surface area (Å²) in [5.74, 6) is -0.256. The first kappa shape index (κ1) is 12.6. The van der Waals surface area contributed by atoms with Crippen molar-refractivity contribution >= 4 is 11.4 Å². The molecule has 2 aromatic carbocycles. The van der Waals surface area contributed by atoms with Gasteiger partial charge in [0.1, 0.15) is 5.82 Å². The number of nitrogens with two attached hydrogens (primary N) is 1. The molecule has 0 fully saturated rings. The van der Waals surface area contributed by atoms with Gasteiger partial charge in [-0.15, -0.1) is 0 Å². The van der Waals surface area contributed by atoms with E-state index in [1.165, 1.54) is 12.1 Å². The van der Waals surface area contributed by atoms with E-state index in [-0.39, 0.29) is 5.82 Å². The van der Waals surface area contributed by atoms with Gasteiger partial charge in [0, 0.05) is 25.0 Å². The van der Waals surface area contributed by atoms with Gasteiger partial charge in [-0.25, -0.2) is 4.39 Å². The van der Waals surface area contributed by atoms with E-state index in [1.807, 2.05) is 49.2 Å². The van der Waals surface area contributed by atoms with Crippen LogP contribution >= 0.6 is 0 Å². The van der Waals surface area contributed by atoms with E-state index in [4.69, 9.17) is 5.73 Å². The molecule has 0 aromatic heterocycles. The monoisotopic (exact) mass is 244 g/mol. The van der Waals surface area contributed by atoms with Crippen molar-refractivity contribution in [1.29, 1.82) is 0 Å². The van der Waals surface area contributed by atoms with Gasteiger partial charge >= 0.3 is 0 Å². The molecular formula is C15H17FN2. The van der Waals surface area contributed by atoms with Crippen molar-refractivity contribution in [3.63, 3.8) is 0 Å². The van der Waals surface area contributed by atoms with Crippen molar-refractivity contribution in [2.45, 2.75) is 13.5 Å². The average Bonchev–Trinajstić information content (AvgIpc) is 2.37. The summed E-state index contributed by atoms with van der Waals surface area (Å²) >= 11 is 0. The molecule has 0 heterocycles. The molecule has 0 spiro atoms. The second-order valence-corrected chi connectivity index (χ2v) is 4.37. The lowest BCUT2D eigenvalue weighted by molar-refractivity contribution is 0.625. The van der Waals surface area contributed by atoms with Gasteiger partial charge in [-0.05, 0) is 42.3 Å². The number of halogens is 1. The summed E-state index contributed by atoms with van der Waals surface area (Å²) in [6.07, 6.45) is 0. The van der Waals surface area contributed by atoms with Crippen LogP contribution in [-0.2, 0) is 6.54 Å². The second-order valence-electron chi connectivity index (χ2n) is 4.37. The maximum absolute atomic E-state index is 13.5. The Bertz CT molecular complexity index is 552. The largest absolute Gasteiger partial charge is 0.344 e. The summed E-state index contributed by atoms with van der Waals surface area (Å²) in [6.45, 7) is 2.38. The minimum absolute atomic E-state index is 0.256. The third-order valence-electron chi connectivity index (χ3n) is 3.04. The maximum atomic E-state index is 13.5. The molecule has 2 aromatic rings. The minimum atomic E-state index is -0.256. The van der Waals surface area contributed by atoms with Crippen LogP contribution in [0, 0.1) is 12.7 Å². The summed E-state index contributed by atoms with van der Waals surface area (Å²) in [7, 11) is 1.93. The summed E-state index contributed by atoms with van der Waals surface area (Å²) < 4.78 is 13.5. The molecule has 0 aliphatic rings. The van der Waals surface area contributed by atoms with Crippen molar-refractivity contribution < 1.29 is 4.39 Å². The fraction of sp³-hybridized carbons (Fsp3) is 0.200. The van der Waals surface area contributed by atoms with Crippen molar-refractivity contribution in [2.24, 2.45) is 5.73 Å². The molecule has 0 radical (unpaired) electrons. The van der Waals surface area contributed by atoms with Gasteiger partial charge in [0.05, 0.1) is 0 Å². The number of rotatable bonds is 3. The molecule has 0 amide bonds. The summed E-state index contributed by atoms with van der Waals surface area (Å²) in [6, 6.07) is 12.9. The summed E-state index contributed by atoms with van der Waals surface area (Å²) in [5.41, 5.74) is 9.39. The molecule has 0 saturated heterocycles. The predicted molar refractivity (Wildman–Crippen MR) is 73.5 cm³/mol. The fourth-order valence-corrected chi connectivity index (χ4v) is 2.02. The van der Waals surface area contributed by atoms with Crippen LogP contribution in [0.25, 0.3) is 0 Å². The highest BCUT2D eigenvalue weighted by Gasteiger charge is 2.08. The molecule has 0 unspecified atom stereocenters. The molecule has 94 valence electrons. The van der Waals surface area contributed by atoms with Gasteiger partial charge in [-0.2, -0.15) is 0 Å². The van der Waals surface area contributed by atoms with Crippen LogP contribution in [0.5, 0.6) is 0 Å². The molecule has 0 bridgehead atoms. The summed E-state index contributed by atoms with van der Waals surface area (Å²) in [4.78, 5) is 1.97. The molecule has 0 atom stereocenters. The molecule has 0 saturated carbocycles. The lowest BCUT2D eigenvalue weighted by Gasteiger charge is -2.22. The van der Waals surface area contributed by atoms with Crippen LogP contribution < -0.4 is 10.6 Å². The number of aryl methyl sites for hydroxylation is 1. The van der Waals surface area contributed by atoms with Crippen LogP contribution in [0.1, 0.15) is 11.1 Å². The quantitative estimate of drug-likeness (QED) is 0.897. The third-order valence-corrected chi connectivity index (χ3v) is 3.04. The smallest absolute Gasteiger partial charge is 0.125 e. The van der Waals surface area contributed by atoms with Gasteiger partial charge in [-0.3, -0.25) is 0 Å².